The zero-order valence-corrected chi connectivity index (χ0v) is 9.42. The number of ether oxygens (including phenoxy) is 1. The highest BCUT2D eigenvalue weighted by atomic mass is 16.5. The van der Waals surface area contributed by atoms with Gasteiger partial charge in [0.15, 0.2) is 0 Å². The Hall–Kier alpha value is -0.120. The Kier molecular flexibility index (Phi) is 7.23. The van der Waals surface area contributed by atoms with E-state index in [1.807, 2.05) is 0 Å². The minimum Gasteiger partial charge on any atom is -0.383 e. The van der Waals surface area contributed by atoms with Crippen LogP contribution >= 0.6 is 0 Å². The molecule has 0 aromatic carbocycles. The molecule has 0 saturated heterocycles. The van der Waals surface area contributed by atoms with Crippen molar-refractivity contribution in [3.05, 3.63) is 0 Å². The highest BCUT2D eigenvalue weighted by molar-refractivity contribution is 4.75. The number of nitrogens with two attached hydrogens (primary N) is 1. The third-order valence-corrected chi connectivity index (χ3v) is 2.62. The summed E-state index contributed by atoms with van der Waals surface area (Å²) in [6, 6.07) is 0.957. The molecular formula is C10H24N2O. The maximum Gasteiger partial charge on any atom is 0.0630 e. The van der Waals surface area contributed by atoms with E-state index < -0.39 is 0 Å². The topological polar surface area (TPSA) is 38.5 Å². The van der Waals surface area contributed by atoms with Crippen molar-refractivity contribution in [2.24, 2.45) is 5.73 Å². The van der Waals surface area contributed by atoms with Gasteiger partial charge in [0.05, 0.1) is 6.61 Å². The molecule has 0 aromatic heterocycles. The summed E-state index contributed by atoms with van der Waals surface area (Å²) in [5, 5.41) is 0. The number of hydrogen-bond donors (Lipinski definition) is 1. The summed E-state index contributed by atoms with van der Waals surface area (Å²) in [7, 11) is 1.73. The van der Waals surface area contributed by atoms with Crippen LogP contribution in [0.25, 0.3) is 0 Å². The van der Waals surface area contributed by atoms with Gasteiger partial charge in [-0.3, -0.25) is 4.90 Å². The Morgan fingerprint density at radius 2 is 2.00 bits per heavy atom. The van der Waals surface area contributed by atoms with Gasteiger partial charge < -0.3 is 10.5 Å². The number of rotatable bonds is 7. The van der Waals surface area contributed by atoms with E-state index in [-0.39, 0.29) is 0 Å². The predicted octanol–water partition coefficient (Wildman–Crippen LogP) is 1.08. The number of hydrogen-bond acceptors (Lipinski definition) is 3. The third-order valence-electron chi connectivity index (χ3n) is 2.62. The highest BCUT2D eigenvalue weighted by Gasteiger charge is 2.19. The Morgan fingerprint density at radius 3 is 2.31 bits per heavy atom. The SMILES string of the molecule is CCC(C)N(CC)C(CN)COC. The lowest BCUT2D eigenvalue weighted by Gasteiger charge is -2.34. The van der Waals surface area contributed by atoms with Gasteiger partial charge in [0.2, 0.25) is 0 Å². The van der Waals surface area contributed by atoms with Gasteiger partial charge in [-0.25, -0.2) is 0 Å². The van der Waals surface area contributed by atoms with Gasteiger partial charge in [0, 0.05) is 25.7 Å². The Bertz CT molecular complexity index is 119. The summed E-state index contributed by atoms with van der Waals surface area (Å²) in [5.41, 5.74) is 5.71. The molecule has 3 heteroatoms. The summed E-state index contributed by atoms with van der Waals surface area (Å²) in [6.45, 7) is 9.06. The van der Waals surface area contributed by atoms with E-state index in [0.717, 1.165) is 19.6 Å². The van der Waals surface area contributed by atoms with Crippen molar-refractivity contribution in [3.63, 3.8) is 0 Å². The lowest BCUT2D eigenvalue weighted by Crippen LogP contribution is -2.47. The molecule has 0 fully saturated rings. The first-order chi connectivity index (χ1) is 6.21. The maximum atomic E-state index is 5.71. The quantitative estimate of drug-likeness (QED) is 0.650. The van der Waals surface area contributed by atoms with Gasteiger partial charge >= 0.3 is 0 Å². The number of likely N-dealkylation sites (N-methyl/N-ethyl adjacent to an activating group) is 1. The molecule has 3 nitrogen and oxygen atoms in total. The van der Waals surface area contributed by atoms with Gasteiger partial charge in [0.25, 0.3) is 0 Å². The lowest BCUT2D eigenvalue weighted by molar-refractivity contribution is 0.0719. The van der Waals surface area contributed by atoms with Gasteiger partial charge in [-0.1, -0.05) is 13.8 Å². The molecule has 0 aliphatic heterocycles. The van der Waals surface area contributed by atoms with Gasteiger partial charge in [-0.05, 0) is 19.9 Å². The van der Waals surface area contributed by atoms with Crippen LogP contribution < -0.4 is 5.73 Å². The molecule has 0 aliphatic rings. The van der Waals surface area contributed by atoms with Crippen molar-refractivity contribution < 1.29 is 4.74 Å². The largest absolute Gasteiger partial charge is 0.383 e. The highest BCUT2D eigenvalue weighted by Crippen LogP contribution is 2.08. The normalized spacial score (nSPS) is 16.2. The molecule has 0 radical (unpaired) electrons. The van der Waals surface area contributed by atoms with Crippen molar-refractivity contribution >= 4 is 0 Å². The van der Waals surface area contributed by atoms with Crippen molar-refractivity contribution in [2.45, 2.75) is 39.3 Å². The molecule has 0 spiro atoms. The summed E-state index contributed by atoms with van der Waals surface area (Å²) in [6.07, 6.45) is 1.16. The van der Waals surface area contributed by atoms with Crippen LogP contribution in [0.1, 0.15) is 27.2 Å². The number of methoxy groups -OCH3 is 1. The molecule has 0 aromatic rings. The predicted molar refractivity (Wildman–Crippen MR) is 56.9 cm³/mol. The smallest absolute Gasteiger partial charge is 0.0630 e. The summed E-state index contributed by atoms with van der Waals surface area (Å²) in [5.74, 6) is 0. The number of nitrogens with zero attached hydrogens (tertiary/aromatic N) is 1. The fourth-order valence-corrected chi connectivity index (χ4v) is 1.66. The molecule has 0 bridgehead atoms. The molecule has 0 amide bonds. The van der Waals surface area contributed by atoms with Crippen LogP contribution in [0.15, 0.2) is 0 Å². The fourth-order valence-electron chi connectivity index (χ4n) is 1.66. The van der Waals surface area contributed by atoms with E-state index in [4.69, 9.17) is 10.5 Å². The van der Waals surface area contributed by atoms with E-state index in [0.29, 0.717) is 18.6 Å². The van der Waals surface area contributed by atoms with Crippen LogP contribution in [0.3, 0.4) is 0 Å². The first-order valence-electron chi connectivity index (χ1n) is 5.15. The van der Waals surface area contributed by atoms with E-state index in [2.05, 4.69) is 25.7 Å². The molecule has 0 heterocycles. The van der Waals surface area contributed by atoms with Crippen LogP contribution in [0.2, 0.25) is 0 Å². The maximum absolute atomic E-state index is 5.71. The summed E-state index contributed by atoms with van der Waals surface area (Å²) < 4.78 is 5.15. The summed E-state index contributed by atoms with van der Waals surface area (Å²) in [4.78, 5) is 2.41. The van der Waals surface area contributed by atoms with Gasteiger partial charge in [-0.2, -0.15) is 0 Å². The van der Waals surface area contributed by atoms with E-state index in [1.165, 1.54) is 0 Å². The Morgan fingerprint density at radius 1 is 1.38 bits per heavy atom. The van der Waals surface area contributed by atoms with Crippen molar-refractivity contribution in [2.75, 3.05) is 26.8 Å². The van der Waals surface area contributed by atoms with Crippen molar-refractivity contribution in [3.8, 4) is 0 Å². The van der Waals surface area contributed by atoms with Crippen LogP contribution in [0.5, 0.6) is 0 Å². The molecule has 0 aliphatic carbocycles. The Balaban J connectivity index is 4.15. The standard InChI is InChI=1S/C10H24N2O/c1-5-9(3)12(6-2)10(7-11)8-13-4/h9-10H,5-8,11H2,1-4H3. The molecule has 2 N–H and O–H groups in total. The average molecular weight is 188 g/mol. The Labute approximate surface area is 82.2 Å². The molecule has 2 unspecified atom stereocenters. The molecule has 2 atom stereocenters. The third kappa shape index (κ3) is 4.07. The zero-order chi connectivity index (χ0) is 10.3. The molecule has 0 saturated carbocycles. The molecule has 80 valence electrons. The average Bonchev–Trinajstić information content (AvgIpc) is 2.17. The zero-order valence-electron chi connectivity index (χ0n) is 9.42. The van der Waals surface area contributed by atoms with Crippen LogP contribution in [0.4, 0.5) is 0 Å². The monoisotopic (exact) mass is 188 g/mol. The fraction of sp³-hybridized carbons (Fsp3) is 1.00. The van der Waals surface area contributed by atoms with E-state index in [1.54, 1.807) is 7.11 Å². The lowest BCUT2D eigenvalue weighted by atomic mass is 10.1. The van der Waals surface area contributed by atoms with E-state index >= 15 is 0 Å². The molecule has 0 rings (SSSR count). The first-order valence-corrected chi connectivity index (χ1v) is 5.15. The van der Waals surface area contributed by atoms with Crippen molar-refractivity contribution in [1.29, 1.82) is 0 Å². The minimum atomic E-state index is 0.366. The van der Waals surface area contributed by atoms with Gasteiger partial charge in [0.1, 0.15) is 0 Å². The minimum absolute atomic E-state index is 0.366. The van der Waals surface area contributed by atoms with Crippen molar-refractivity contribution in [1.82, 2.24) is 4.90 Å². The summed E-state index contributed by atoms with van der Waals surface area (Å²) >= 11 is 0. The van der Waals surface area contributed by atoms with E-state index in [9.17, 15) is 0 Å². The van der Waals surface area contributed by atoms with Crippen LogP contribution in [0, 0.1) is 0 Å². The first kappa shape index (κ1) is 12.9. The second kappa shape index (κ2) is 7.30. The second-order valence-electron chi connectivity index (χ2n) is 3.43. The molecular weight excluding hydrogens is 164 g/mol. The van der Waals surface area contributed by atoms with Gasteiger partial charge in [-0.15, -0.1) is 0 Å². The second-order valence-corrected chi connectivity index (χ2v) is 3.43. The van der Waals surface area contributed by atoms with Crippen LogP contribution in [-0.2, 0) is 4.74 Å². The molecule has 13 heavy (non-hydrogen) atoms. The van der Waals surface area contributed by atoms with Crippen LogP contribution in [-0.4, -0.2) is 43.8 Å².